The summed E-state index contributed by atoms with van der Waals surface area (Å²) in [6, 6.07) is 3.92. The van der Waals surface area contributed by atoms with Crippen LogP contribution in [-0.2, 0) is 12.8 Å². The van der Waals surface area contributed by atoms with Gasteiger partial charge in [-0.2, -0.15) is 0 Å². The molecule has 1 saturated carbocycles. The maximum atomic E-state index is 13.1. The van der Waals surface area contributed by atoms with E-state index in [0.29, 0.717) is 30.9 Å². The van der Waals surface area contributed by atoms with Gasteiger partial charge >= 0.3 is 0 Å². The zero-order valence-corrected chi connectivity index (χ0v) is 21.3. The van der Waals surface area contributed by atoms with Crippen molar-refractivity contribution in [2.75, 3.05) is 26.4 Å². The van der Waals surface area contributed by atoms with Crippen LogP contribution in [0.1, 0.15) is 68.6 Å². The standard InChI is InChI=1S/C27H37NO4S/c1-15-10-18(11-16(2)25(15)32-9-8-28-19(13-29)14-30)6-7-22(31)26-20-12-21-24(27(21,4)5)23(20)17(3)33-26/h10-11,19,21,24,28-30H,6-9,12-14H2,1-5H3/t21-,24-/m1/s1. The molecule has 2 aromatic rings. The van der Waals surface area contributed by atoms with Crippen LogP contribution < -0.4 is 10.1 Å². The molecule has 1 aromatic heterocycles. The fraction of sp³-hybridized carbons (Fsp3) is 0.593. The van der Waals surface area contributed by atoms with Crippen LogP contribution in [0.15, 0.2) is 12.1 Å². The van der Waals surface area contributed by atoms with E-state index in [1.165, 1.54) is 21.6 Å². The molecular formula is C27H37NO4S. The number of hydrogen-bond donors (Lipinski definition) is 3. The lowest BCUT2D eigenvalue weighted by Crippen LogP contribution is -2.38. The summed E-state index contributed by atoms with van der Waals surface area (Å²) in [5, 5.41) is 21.3. The summed E-state index contributed by atoms with van der Waals surface area (Å²) in [6.07, 6.45) is 2.35. The van der Waals surface area contributed by atoms with Gasteiger partial charge in [-0.15, -0.1) is 11.3 Å². The van der Waals surface area contributed by atoms with Crippen molar-refractivity contribution in [1.29, 1.82) is 0 Å². The van der Waals surface area contributed by atoms with Crippen LogP contribution in [0.4, 0.5) is 0 Å². The summed E-state index contributed by atoms with van der Waals surface area (Å²) < 4.78 is 5.95. The molecule has 0 unspecified atom stereocenters. The third-order valence-electron chi connectivity index (χ3n) is 7.66. The summed E-state index contributed by atoms with van der Waals surface area (Å²) in [6.45, 7) is 11.8. The first-order valence-corrected chi connectivity index (χ1v) is 12.8. The molecule has 0 amide bonds. The van der Waals surface area contributed by atoms with Gasteiger partial charge in [0.05, 0.1) is 24.1 Å². The minimum Gasteiger partial charge on any atom is -0.492 e. The largest absolute Gasteiger partial charge is 0.492 e. The summed E-state index contributed by atoms with van der Waals surface area (Å²) in [7, 11) is 0. The molecule has 2 atom stereocenters. The molecule has 5 nitrogen and oxygen atoms in total. The summed E-state index contributed by atoms with van der Waals surface area (Å²) in [5.41, 5.74) is 6.55. The zero-order chi connectivity index (χ0) is 23.9. The number of nitrogens with one attached hydrogen (secondary N) is 1. The molecule has 4 rings (SSSR count). The van der Waals surface area contributed by atoms with E-state index in [9.17, 15) is 4.79 Å². The Labute approximate surface area is 201 Å². The van der Waals surface area contributed by atoms with Crippen molar-refractivity contribution < 1.29 is 19.7 Å². The molecule has 6 heteroatoms. The van der Waals surface area contributed by atoms with Crippen molar-refractivity contribution in [3.05, 3.63) is 49.7 Å². The number of carbonyl (C=O) groups is 1. The first kappa shape index (κ1) is 24.4. The van der Waals surface area contributed by atoms with E-state index >= 15 is 0 Å². The third-order valence-corrected chi connectivity index (χ3v) is 8.86. The predicted octanol–water partition coefficient (Wildman–Crippen LogP) is 4.11. The molecule has 1 heterocycles. The summed E-state index contributed by atoms with van der Waals surface area (Å²) in [4.78, 5) is 15.5. The number of rotatable bonds is 11. The molecule has 0 radical (unpaired) electrons. The maximum absolute atomic E-state index is 13.1. The Morgan fingerprint density at radius 2 is 1.88 bits per heavy atom. The molecule has 1 aromatic carbocycles. The average Bonchev–Trinajstić information content (AvgIpc) is 3.09. The van der Waals surface area contributed by atoms with Crippen molar-refractivity contribution >= 4 is 17.1 Å². The molecule has 1 fully saturated rings. The van der Waals surface area contributed by atoms with E-state index in [1.54, 1.807) is 11.3 Å². The fourth-order valence-electron chi connectivity index (χ4n) is 5.74. The molecule has 0 spiro atoms. The van der Waals surface area contributed by atoms with Crippen molar-refractivity contribution in [3.8, 4) is 5.75 Å². The molecule has 3 N–H and O–H groups in total. The maximum Gasteiger partial charge on any atom is 0.173 e. The van der Waals surface area contributed by atoms with Crippen LogP contribution in [0.5, 0.6) is 5.75 Å². The lowest BCUT2D eigenvalue weighted by Gasteiger charge is -2.16. The number of carbonyl (C=O) groups excluding carboxylic acids is 1. The highest BCUT2D eigenvalue weighted by molar-refractivity contribution is 7.14. The third kappa shape index (κ3) is 4.63. The highest BCUT2D eigenvalue weighted by Gasteiger charge is 2.63. The normalized spacial score (nSPS) is 20.1. The van der Waals surface area contributed by atoms with Crippen LogP contribution in [0, 0.1) is 32.1 Å². The molecule has 2 aliphatic carbocycles. The minimum atomic E-state index is -0.318. The van der Waals surface area contributed by atoms with Gasteiger partial charge in [-0.1, -0.05) is 26.0 Å². The topological polar surface area (TPSA) is 78.8 Å². The highest BCUT2D eigenvalue weighted by Crippen LogP contribution is 2.71. The molecule has 33 heavy (non-hydrogen) atoms. The second kappa shape index (κ2) is 9.49. The fourth-order valence-corrected chi connectivity index (χ4v) is 6.94. The smallest absolute Gasteiger partial charge is 0.173 e. The Morgan fingerprint density at radius 1 is 1.21 bits per heavy atom. The van der Waals surface area contributed by atoms with E-state index < -0.39 is 0 Å². The van der Waals surface area contributed by atoms with Crippen molar-refractivity contribution in [3.63, 3.8) is 0 Å². The van der Waals surface area contributed by atoms with E-state index in [1.807, 2.05) is 13.8 Å². The van der Waals surface area contributed by atoms with Gasteiger partial charge in [-0.25, -0.2) is 0 Å². The average molecular weight is 472 g/mol. The first-order valence-electron chi connectivity index (χ1n) is 12.0. The molecule has 0 bridgehead atoms. The molecule has 180 valence electrons. The van der Waals surface area contributed by atoms with Crippen LogP contribution >= 0.6 is 11.3 Å². The number of hydrogen-bond acceptors (Lipinski definition) is 6. The van der Waals surface area contributed by atoms with E-state index in [2.05, 4.69) is 38.2 Å². The Kier molecular flexibility index (Phi) is 7.02. The summed E-state index contributed by atoms with van der Waals surface area (Å²) >= 11 is 1.71. The van der Waals surface area contributed by atoms with Crippen LogP contribution in [0.3, 0.4) is 0 Å². The van der Waals surface area contributed by atoms with Gasteiger partial charge in [0.25, 0.3) is 0 Å². The number of benzene rings is 1. The first-order chi connectivity index (χ1) is 15.7. The Balaban J connectivity index is 1.35. The number of ether oxygens (including phenoxy) is 1. The monoisotopic (exact) mass is 471 g/mol. The number of Topliss-reactive ketones (excluding diaryl/α,β-unsaturated/α-hetero) is 1. The number of aliphatic hydroxyl groups excluding tert-OH is 2. The second-order valence-corrected chi connectivity index (χ2v) is 11.6. The van der Waals surface area contributed by atoms with Crippen molar-refractivity contribution in [1.82, 2.24) is 5.32 Å². The number of aliphatic hydroxyl groups is 2. The van der Waals surface area contributed by atoms with Gasteiger partial charge in [-0.05, 0) is 78.7 Å². The SMILES string of the molecule is Cc1cc(CCC(=O)c2sc(C)c3c2C[C@@H]2[C@H]3C2(C)C)cc(C)c1OCCNC(CO)CO. The molecule has 0 aliphatic heterocycles. The molecule has 0 saturated heterocycles. The Bertz CT molecular complexity index is 1010. The van der Waals surface area contributed by atoms with Crippen LogP contribution in [0.25, 0.3) is 0 Å². The highest BCUT2D eigenvalue weighted by atomic mass is 32.1. The van der Waals surface area contributed by atoms with Gasteiger partial charge < -0.3 is 20.3 Å². The van der Waals surface area contributed by atoms with Gasteiger partial charge in [0, 0.05) is 17.8 Å². The minimum absolute atomic E-state index is 0.102. The number of ketones is 1. The van der Waals surface area contributed by atoms with Gasteiger partial charge in [0.1, 0.15) is 12.4 Å². The van der Waals surface area contributed by atoms with Gasteiger partial charge in [0.2, 0.25) is 0 Å². The Morgan fingerprint density at radius 3 is 2.52 bits per heavy atom. The second-order valence-electron chi connectivity index (χ2n) is 10.3. The Hall–Kier alpha value is -1.73. The van der Waals surface area contributed by atoms with Crippen molar-refractivity contribution in [2.45, 2.75) is 65.8 Å². The van der Waals surface area contributed by atoms with E-state index in [-0.39, 0.29) is 25.0 Å². The van der Waals surface area contributed by atoms with E-state index in [0.717, 1.165) is 40.5 Å². The molecular weight excluding hydrogens is 434 g/mol. The quantitative estimate of drug-likeness (QED) is 0.340. The number of thiophene rings is 1. The summed E-state index contributed by atoms with van der Waals surface area (Å²) in [5.74, 6) is 2.54. The van der Waals surface area contributed by atoms with Gasteiger partial charge in [-0.3, -0.25) is 4.79 Å². The van der Waals surface area contributed by atoms with Gasteiger partial charge in [0.15, 0.2) is 5.78 Å². The van der Waals surface area contributed by atoms with E-state index in [4.69, 9.17) is 14.9 Å². The van der Waals surface area contributed by atoms with Crippen molar-refractivity contribution in [2.24, 2.45) is 11.3 Å². The lowest BCUT2D eigenvalue weighted by molar-refractivity contribution is 0.0985. The molecule has 2 aliphatic rings. The van der Waals surface area contributed by atoms with Crippen LogP contribution in [0.2, 0.25) is 0 Å². The van der Waals surface area contributed by atoms with Crippen LogP contribution in [-0.4, -0.2) is 48.4 Å². The zero-order valence-electron chi connectivity index (χ0n) is 20.5. The predicted molar refractivity (Wildman–Crippen MR) is 133 cm³/mol. The number of fused-ring (bicyclic) bond motifs is 3. The lowest BCUT2D eigenvalue weighted by atomic mass is 9.93. The number of aryl methyl sites for hydroxylation is 4.